The lowest BCUT2D eigenvalue weighted by Crippen LogP contribution is -2.41. The maximum Gasteiger partial charge on any atom is 0.248 e. The molecule has 2 aliphatic rings. The second-order valence-electron chi connectivity index (χ2n) is 6.41. The fourth-order valence-corrected chi connectivity index (χ4v) is 4.07. The summed E-state index contributed by atoms with van der Waals surface area (Å²) in [5, 5.41) is 4.30. The third-order valence-electron chi connectivity index (χ3n) is 4.60. The van der Waals surface area contributed by atoms with Gasteiger partial charge >= 0.3 is 0 Å². The van der Waals surface area contributed by atoms with Gasteiger partial charge in [-0.2, -0.15) is 9.40 Å². The van der Waals surface area contributed by atoms with Gasteiger partial charge in [0.05, 0.1) is 24.5 Å². The summed E-state index contributed by atoms with van der Waals surface area (Å²) < 4.78 is 32.5. The molecule has 8 nitrogen and oxygen atoms in total. The lowest BCUT2D eigenvalue weighted by molar-refractivity contribution is -0.135. The van der Waals surface area contributed by atoms with Crippen LogP contribution in [0.4, 0.5) is 0 Å². The Balaban J connectivity index is 1.52. The van der Waals surface area contributed by atoms with E-state index in [0.717, 1.165) is 31.6 Å². The van der Waals surface area contributed by atoms with Crippen LogP contribution in [0, 0.1) is 0 Å². The number of carbonyl (C=O) groups is 1. The maximum atomic E-state index is 11.9. The number of hydrogen-bond donors (Lipinski definition) is 0. The topological polar surface area (TPSA) is 84.7 Å². The minimum atomic E-state index is -3.24. The smallest absolute Gasteiger partial charge is 0.248 e. The summed E-state index contributed by atoms with van der Waals surface area (Å²) in [4.78, 5) is 13.8. The molecule has 9 heteroatoms. The third-order valence-corrected chi connectivity index (χ3v) is 5.82. The van der Waals surface area contributed by atoms with Crippen LogP contribution < -0.4 is 0 Å². The molecule has 1 atom stereocenters. The Morgan fingerprint density at radius 2 is 2.12 bits per heavy atom. The van der Waals surface area contributed by atoms with E-state index in [4.69, 9.17) is 4.74 Å². The molecule has 0 radical (unpaired) electrons. The van der Waals surface area contributed by atoms with E-state index in [9.17, 15) is 13.2 Å². The van der Waals surface area contributed by atoms with E-state index >= 15 is 0 Å². The largest absolute Gasteiger partial charge is 0.372 e. The first-order chi connectivity index (χ1) is 11.4. The van der Waals surface area contributed by atoms with E-state index < -0.39 is 10.0 Å². The summed E-state index contributed by atoms with van der Waals surface area (Å²) in [5.41, 5.74) is 0.879. The molecule has 134 valence electrons. The zero-order valence-electron chi connectivity index (χ0n) is 13.9. The van der Waals surface area contributed by atoms with Gasteiger partial charge < -0.3 is 9.64 Å². The molecule has 0 aromatic carbocycles. The van der Waals surface area contributed by atoms with Gasteiger partial charge in [0.2, 0.25) is 15.9 Å². The molecule has 0 spiro atoms. The van der Waals surface area contributed by atoms with Gasteiger partial charge in [0.15, 0.2) is 0 Å². The average Bonchev–Trinajstić information content (AvgIpc) is 3.20. The van der Waals surface area contributed by atoms with Crippen molar-refractivity contribution >= 4 is 15.9 Å². The Morgan fingerprint density at radius 3 is 2.83 bits per heavy atom. The lowest BCUT2D eigenvalue weighted by atomic mass is 10.1. The summed E-state index contributed by atoms with van der Waals surface area (Å²) in [7, 11) is -3.24. The zero-order chi connectivity index (χ0) is 17.2. The number of likely N-dealkylation sites (tertiary alicyclic amines) is 1. The standard InChI is InChI=1S/C15H24N4O4S/c1-24(21,22)18-10-13-4-6-16-19(13)14(11-18)5-9-23-12-15(20)17-7-2-3-8-17/h4,6,14H,2-3,5,7-12H2,1H3/t14-/m1/s1. The van der Waals surface area contributed by atoms with Crippen LogP contribution in [-0.4, -0.2) is 72.4 Å². The minimum Gasteiger partial charge on any atom is -0.372 e. The van der Waals surface area contributed by atoms with Crippen molar-refractivity contribution in [3.05, 3.63) is 18.0 Å². The van der Waals surface area contributed by atoms with Gasteiger partial charge in [0.1, 0.15) is 6.61 Å². The van der Waals surface area contributed by atoms with Gasteiger partial charge in [-0.3, -0.25) is 9.48 Å². The van der Waals surface area contributed by atoms with Gasteiger partial charge in [0.25, 0.3) is 0 Å². The zero-order valence-corrected chi connectivity index (χ0v) is 14.7. The molecule has 0 bridgehead atoms. The number of nitrogens with zero attached hydrogens (tertiary/aromatic N) is 4. The molecule has 0 unspecified atom stereocenters. The summed E-state index contributed by atoms with van der Waals surface area (Å²) in [6, 6.07) is 1.77. The molecule has 0 aliphatic carbocycles. The van der Waals surface area contributed by atoms with Crippen molar-refractivity contribution in [2.75, 3.05) is 39.1 Å². The van der Waals surface area contributed by atoms with Crippen LogP contribution >= 0.6 is 0 Å². The van der Waals surface area contributed by atoms with Crippen molar-refractivity contribution in [3.8, 4) is 0 Å². The first-order valence-electron chi connectivity index (χ1n) is 8.28. The predicted molar refractivity (Wildman–Crippen MR) is 87.8 cm³/mol. The van der Waals surface area contributed by atoms with Crippen LogP contribution in [0.5, 0.6) is 0 Å². The molecule has 3 rings (SSSR count). The molecule has 0 N–H and O–H groups in total. The number of sulfonamides is 1. The van der Waals surface area contributed by atoms with Crippen molar-refractivity contribution in [3.63, 3.8) is 0 Å². The van der Waals surface area contributed by atoms with Crippen LogP contribution in [0.25, 0.3) is 0 Å². The summed E-state index contributed by atoms with van der Waals surface area (Å²) in [6.45, 7) is 2.88. The van der Waals surface area contributed by atoms with Crippen LogP contribution in [0.1, 0.15) is 31.0 Å². The number of rotatable bonds is 6. The fourth-order valence-electron chi connectivity index (χ4n) is 3.26. The highest BCUT2D eigenvalue weighted by atomic mass is 32.2. The van der Waals surface area contributed by atoms with Gasteiger partial charge in [-0.15, -0.1) is 0 Å². The van der Waals surface area contributed by atoms with Gasteiger partial charge in [0, 0.05) is 32.4 Å². The summed E-state index contributed by atoms with van der Waals surface area (Å²) in [6.07, 6.45) is 5.66. The SMILES string of the molecule is CS(=O)(=O)N1Cc2ccnn2[C@H](CCOCC(=O)N2CCCC2)C1. The second-order valence-corrected chi connectivity index (χ2v) is 8.39. The Hall–Kier alpha value is -1.45. The molecule has 24 heavy (non-hydrogen) atoms. The number of hydrogen-bond acceptors (Lipinski definition) is 5. The molecular formula is C15H24N4O4S. The van der Waals surface area contributed by atoms with E-state index in [1.165, 1.54) is 10.6 Å². The van der Waals surface area contributed by atoms with E-state index in [2.05, 4.69) is 5.10 Å². The highest BCUT2D eigenvalue weighted by Crippen LogP contribution is 2.24. The summed E-state index contributed by atoms with van der Waals surface area (Å²) in [5.74, 6) is 0.0358. The van der Waals surface area contributed by atoms with Crippen LogP contribution in [0.2, 0.25) is 0 Å². The van der Waals surface area contributed by atoms with Crippen molar-refractivity contribution in [1.29, 1.82) is 0 Å². The minimum absolute atomic E-state index is 0.0358. The van der Waals surface area contributed by atoms with Gasteiger partial charge in [-0.05, 0) is 25.3 Å². The molecule has 1 aromatic rings. The number of carbonyl (C=O) groups excluding carboxylic acids is 1. The summed E-state index contributed by atoms with van der Waals surface area (Å²) >= 11 is 0. The van der Waals surface area contributed by atoms with Gasteiger partial charge in [-0.25, -0.2) is 8.42 Å². The highest BCUT2D eigenvalue weighted by molar-refractivity contribution is 7.88. The van der Waals surface area contributed by atoms with Crippen molar-refractivity contribution in [2.24, 2.45) is 0 Å². The van der Waals surface area contributed by atoms with Gasteiger partial charge in [-0.1, -0.05) is 0 Å². The van der Waals surface area contributed by atoms with Crippen LogP contribution in [0.15, 0.2) is 12.3 Å². The van der Waals surface area contributed by atoms with Crippen molar-refractivity contribution in [1.82, 2.24) is 19.0 Å². The van der Waals surface area contributed by atoms with Crippen molar-refractivity contribution in [2.45, 2.75) is 31.8 Å². The highest BCUT2D eigenvalue weighted by Gasteiger charge is 2.30. The molecule has 3 heterocycles. The molecule has 2 aliphatic heterocycles. The first kappa shape index (κ1) is 17.4. The van der Waals surface area contributed by atoms with E-state index in [0.29, 0.717) is 26.1 Å². The molecular weight excluding hydrogens is 332 g/mol. The number of amides is 1. The normalized spacial score (nSPS) is 21.9. The second kappa shape index (κ2) is 7.20. The van der Waals surface area contributed by atoms with E-state index in [1.54, 1.807) is 6.20 Å². The fraction of sp³-hybridized carbons (Fsp3) is 0.733. The van der Waals surface area contributed by atoms with E-state index in [-0.39, 0.29) is 18.6 Å². The number of aromatic nitrogens is 2. The lowest BCUT2D eigenvalue weighted by Gasteiger charge is -2.32. The molecule has 1 saturated heterocycles. The monoisotopic (exact) mass is 356 g/mol. The van der Waals surface area contributed by atoms with E-state index in [1.807, 2.05) is 15.6 Å². The molecule has 0 saturated carbocycles. The Labute approximate surface area is 142 Å². The number of fused-ring (bicyclic) bond motifs is 1. The Kier molecular flexibility index (Phi) is 5.21. The van der Waals surface area contributed by atoms with Crippen LogP contribution in [0.3, 0.4) is 0 Å². The van der Waals surface area contributed by atoms with Crippen LogP contribution in [-0.2, 0) is 26.1 Å². The molecule has 1 aromatic heterocycles. The quantitative estimate of drug-likeness (QED) is 0.681. The third kappa shape index (κ3) is 3.96. The first-order valence-corrected chi connectivity index (χ1v) is 10.1. The predicted octanol–water partition coefficient (Wildman–Crippen LogP) is 0.229. The molecule has 1 fully saturated rings. The maximum absolute atomic E-state index is 11.9. The Bertz CT molecular complexity index is 681. The van der Waals surface area contributed by atoms with Crippen molar-refractivity contribution < 1.29 is 17.9 Å². The Morgan fingerprint density at radius 1 is 1.38 bits per heavy atom. The molecule has 1 amide bonds. The average molecular weight is 356 g/mol. The number of ether oxygens (including phenoxy) is 1.